The van der Waals surface area contributed by atoms with E-state index in [0.29, 0.717) is 16.3 Å². The second-order valence-corrected chi connectivity index (χ2v) is 10.5. The minimum Gasteiger partial charge on any atom is -0.478 e. The SMILES string of the molecule is COC(=O)c1ccccc1NC(=O)C(C)Sc1cccc(NC(=O)c2c(Cl)c(Cl)c(Cl)c(Cl)c2C(=O)O)c1. The van der Waals surface area contributed by atoms with Gasteiger partial charge in [0, 0.05) is 10.6 Å². The zero-order valence-corrected chi connectivity index (χ0v) is 23.4. The van der Waals surface area contributed by atoms with Crippen LogP contribution in [0.1, 0.15) is 38.0 Å². The molecule has 0 aliphatic heterocycles. The van der Waals surface area contributed by atoms with Gasteiger partial charge in [0.25, 0.3) is 5.91 Å². The molecular formula is C25H18Cl4N2O6S. The van der Waals surface area contributed by atoms with Gasteiger partial charge in [-0.1, -0.05) is 64.6 Å². The average Bonchev–Trinajstić information content (AvgIpc) is 2.89. The number of ether oxygens (including phenoxy) is 1. The van der Waals surface area contributed by atoms with E-state index in [0.717, 1.165) is 0 Å². The van der Waals surface area contributed by atoms with Crippen molar-refractivity contribution in [3.63, 3.8) is 0 Å². The molecule has 0 spiro atoms. The number of benzene rings is 3. The molecule has 3 N–H and O–H groups in total. The summed E-state index contributed by atoms with van der Waals surface area (Å²) < 4.78 is 4.75. The number of carboxylic acid groups (broad SMARTS) is 1. The predicted molar refractivity (Wildman–Crippen MR) is 150 cm³/mol. The summed E-state index contributed by atoms with van der Waals surface area (Å²) in [6.45, 7) is 1.67. The molecule has 0 saturated carbocycles. The summed E-state index contributed by atoms with van der Waals surface area (Å²) >= 11 is 25.3. The lowest BCUT2D eigenvalue weighted by Crippen LogP contribution is -2.23. The Morgan fingerprint density at radius 3 is 2.13 bits per heavy atom. The Morgan fingerprint density at radius 2 is 1.50 bits per heavy atom. The van der Waals surface area contributed by atoms with Crippen LogP contribution in [0.2, 0.25) is 20.1 Å². The molecule has 13 heteroatoms. The van der Waals surface area contributed by atoms with Crippen molar-refractivity contribution in [2.75, 3.05) is 17.7 Å². The van der Waals surface area contributed by atoms with Crippen LogP contribution in [0.25, 0.3) is 0 Å². The first-order valence-electron chi connectivity index (χ1n) is 10.6. The number of methoxy groups -OCH3 is 1. The fourth-order valence-electron chi connectivity index (χ4n) is 3.26. The summed E-state index contributed by atoms with van der Waals surface area (Å²) in [6, 6.07) is 13.0. The lowest BCUT2D eigenvalue weighted by Gasteiger charge is -2.16. The number of thioether (sulfide) groups is 1. The number of aromatic carboxylic acids is 1. The van der Waals surface area contributed by atoms with Gasteiger partial charge in [-0.15, -0.1) is 11.8 Å². The first-order valence-corrected chi connectivity index (χ1v) is 13.0. The van der Waals surface area contributed by atoms with Gasteiger partial charge in [0.2, 0.25) is 5.91 Å². The number of anilines is 2. The molecule has 0 heterocycles. The van der Waals surface area contributed by atoms with Crippen LogP contribution in [0.5, 0.6) is 0 Å². The third-order valence-corrected chi connectivity index (χ3v) is 7.97. The molecule has 0 aliphatic carbocycles. The smallest absolute Gasteiger partial charge is 0.339 e. The number of para-hydroxylation sites is 1. The third-order valence-electron chi connectivity index (χ3n) is 5.07. The number of nitrogens with one attached hydrogen (secondary N) is 2. The number of carbonyl (C=O) groups excluding carboxylic acids is 3. The number of esters is 1. The molecule has 8 nitrogen and oxygen atoms in total. The van der Waals surface area contributed by atoms with Crippen LogP contribution in [0, 0.1) is 0 Å². The Bertz CT molecular complexity index is 1450. The van der Waals surface area contributed by atoms with Crippen molar-refractivity contribution in [2.24, 2.45) is 0 Å². The zero-order valence-electron chi connectivity index (χ0n) is 19.6. The first kappa shape index (κ1) is 29.6. The molecule has 3 aromatic carbocycles. The topological polar surface area (TPSA) is 122 Å². The second kappa shape index (κ2) is 12.7. The van der Waals surface area contributed by atoms with Crippen molar-refractivity contribution >= 4 is 93.3 Å². The Labute approximate surface area is 241 Å². The normalized spacial score (nSPS) is 11.4. The van der Waals surface area contributed by atoms with Crippen LogP contribution in [0.3, 0.4) is 0 Å². The largest absolute Gasteiger partial charge is 0.478 e. The first-order chi connectivity index (χ1) is 18.0. The van der Waals surface area contributed by atoms with Crippen molar-refractivity contribution < 1.29 is 29.0 Å². The highest BCUT2D eigenvalue weighted by Crippen LogP contribution is 2.42. The molecule has 38 heavy (non-hydrogen) atoms. The Hall–Kier alpha value is -2.95. The minimum absolute atomic E-state index is 0.215. The average molecular weight is 616 g/mol. The van der Waals surface area contributed by atoms with E-state index in [2.05, 4.69) is 10.6 Å². The molecule has 3 aromatic rings. The van der Waals surface area contributed by atoms with E-state index in [-0.39, 0.29) is 26.5 Å². The van der Waals surface area contributed by atoms with Crippen molar-refractivity contribution in [1.82, 2.24) is 0 Å². The van der Waals surface area contributed by atoms with Crippen LogP contribution in [0.15, 0.2) is 53.4 Å². The molecule has 0 fully saturated rings. The number of rotatable bonds is 8. The molecule has 0 radical (unpaired) electrons. The van der Waals surface area contributed by atoms with Crippen molar-refractivity contribution in [3.05, 3.63) is 85.3 Å². The lowest BCUT2D eigenvalue weighted by molar-refractivity contribution is -0.115. The Morgan fingerprint density at radius 1 is 0.868 bits per heavy atom. The fourth-order valence-corrected chi connectivity index (χ4v) is 5.20. The second-order valence-electron chi connectivity index (χ2n) is 7.58. The molecule has 0 bridgehead atoms. The van der Waals surface area contributed by atoms with Gasteiger partial charge in [0.1, 0.15) is 0 Å². The summed E-state index contributed by atoms with van der Waals surface area (Å²) in [6.07, 6.45) is 0. The molecule has 0 saturated heterocycles. The Balaban J connectivity index is 1.79. The van der Waals surface area contributed by atoms with E-state index >= 15 is 0 Å². The fraction of sp³-hybridized carbons (Fsp3) is 0.120. The van der Waals surface area contributed by atoms with Crippen LogP contribution in [-0.4, -0.2) is 41.2 Å². The van der Waals surface area contributed by atoms with Gasteiger partial charge in [0.05, 0.1) is 54.8 Å². The van der Waals surface area contributed by atoms with Gasteiger partial charge >= 0.3 is 11.9 Å². The van der Waals surface area contributed by atoms with Crippen molar-refractivity contribution in [3.8, 4) is 0 Å². The molecule has 3 rings (SSSR count). The summed E-state index contributed by atoms with van der Waals surface area (Å²) in [7, 11) is 1.25. The molecular weight excluding hydrogens is 598 g/mol. The van der Waals surface area contributed by atoms with E-state index in [1.54, 1.807) is 49.4 Å². The van der Waals surface area contributed by atoms with Gasteiger partial charge in [-0.2, -0.15) is 0 Å². The third kappa shape index (κ3) is 6.54. The number of hydrogen-bond acceptors (Lipinski definition) is 6. The van der Waals surface area contributed by atoms with Crippen LogP contribution >= 0.6 is 58.2 Å². The molecule has 0 aromatic heterocycles. The van der Waals surface area contributed by atoms with Gasteiger partial charge in [-0.05, 0) is 37.3 Å². The van der Waals surface area contributed by atoms with Gasteiger partial charge in [-0.25, -0.2) is 9.59 Å². The molecule has 2 amide bonds. The number of halogens is 4. The maximum atomic E-state index is 13.0. The van der Waals surface area contributed by atoms with Gasteiger partial charge in [-0.3, -0.25) is 9.59 Å². The van der Waals surface area contributed by atoms with E-state index in [4.69, 9.17) is 51.1 Å². The van der Waals surface area contributed by atoms with Crippen LogP contribution < -0.4 is 10.6 Å². The maximum absolute atomic E-state index is 13.0. The van der Waals surface area contributed by atoms with Gasteiger partial charge in [0.15, 0.2) is 0 Å². The monoisotopic (exact) mass is 614 g/mol. The number of hydrogen-bond donors (Lipinski definition) is 3. The molecule has 0 aliphatic rings. The number of amides is 2. The van der Waals surface area contributed by atoms with E-state index in [9.17, 15) is 24.3 Å². The van der Waals surface area contributed by atoms with Gasteiger partial charge < -0.3 is 20.5 Å². The highest BCUT2D eigenvalue weighted by molar-refractivity contribution is 8.00. The lowest BCUT2D eigenvalue weighted by atomic mass is 10.1. The standard InChI is InChI=1S/C25H18Cl4N2O6S/c1-11(22(32)31-15-9-4-3-8-14(15)25(36)37-2)38-13-7-5-6-12(10-13)30-23(33)16-17(24(34)35)19(27)21(29)20(28)18(16)26/h3-11H,1-2H3,(H,30,33)(H,31,32)(H,34,35). The summed E-state index contributed by atoms with van der Waals surface area (Å²) in [5.41, 5.74) is -0.227. The summed E-state index contributed by atoms with van der Waals surface area (Å²) in [5, 5.41) is 12.9. The predicted octanol–water partition coefficient (Wildman–Crippen LogP) is 7.16. The highest BCUT2D eigenvalue weighted by Gasteiger charge is 2.29. The summed E-state index contributed by atoms with van der Waals surface area (Å²) in [5.74, 6) is -3.35. The minimum atomic E-state index is -1.52. The number of carbonyl (C=O) groups is 4. The Kier molecular flexibility index (Phi) is 9.92. The van der Waals surface area contributed by atoms with E-state index in [1.165, 1.54) is 24.9 Å². The summed E-state index contributed by atoms with van der Waals surface area (Å²) in [4.78, 5) is 50.1. The van der Waals surface area contributed by atoms with E-state index < -0.39 is 39.2 Å². The van der Waals surface area contributed by atoms with Crippen LogP contribution in [-0.2, 0) is 9.53 Å². The van der Waals surface area contributed by atoms with Crippen LogP contribution in [0.4, 0.5) is 11.4 Å². The number of carboxylic acids is 1. The van der Waals surface area contributed by atoms with E-state index in [1.807, 2.05) is 0 Å². The van der Waals surface area contributed by atoms with Crippen molar-refractivity contribution in [1.29, 1.82) is 0 Å². The molecule has 1 unspecified atom stereocenters. The zero-order chi connectivity index (χ0) is 28.1. The highest BCUT2D eigenvalue weighted by atomic mass is 35.5. The molecule has 1 atom stereocenters. The quantitative estimate of drug-likeness (QED) is 0.106. The molecule has 198 valence electrons. The maximum Gasteiger partial charge on any atom is 0.339 e. The van der Waals surface area contributed by atoms with Crippen molar-refractivity contribution in [2.45, 2.75) is 17.1 Å².